The van der Waals surface area contributed by atoms with Crippen molar-refractivity contribution in [3.63, 3.8) is 0 Å². The van der Waals surface area contributed by atoms with Crippen LogP contribution in [0.25, 0.3) is 0 Å². The van der Waals surface area contributed by atoms with Gasteiger partial charge in [-0.3, -0.25) is 14.6 Å². The average molecular weight is 420 g/mol. The van der Waals surface area contributed by atoms with Crippen LogP contribution in [0.2, 0.25) is 0 Å². The van der Waals surface area contributed by atoms with E-state index >= 15 is 0 Å². The minimum atomic E-state index is 0.0509. The highest BCUT2D eigenvalue weighted by molar-refractivity contribution is 5.80. The van der Waals surface area contributed by atoms with Crippen molar-refractivity contribution in [2.24, 2.45) is 5.92 Å². The van der Waals surface area contributed by atoms with Crippen molar-refractivity contribution in [3.05, 3.63) is 65.0 Å². The SMILES string of the molecule is CC(=O)N1CCC(C(=O)N2CCCC(c3cccc(Cc4cccc(C)c4)n3)C2)CC1. The van der Waals surface area contributed by atoms with E-state index in [0.29, 0.717) is 19.0 Å². The molecule has 5 heteroatoms. The summed E-state index contributed by atoms with van der Waals surface area (Å²) < 4.78 is 0. The number of aryl methyl sites for hydroxylation is 1. The van der Waals surface area contributed by atoms with Crippen LogP contribution in [0.15, 0.2) is 42.5 Å². The molecule has 0 saturated carbocycles. The number of nitrogens with zero attached hydrogens (tertiary/aromatic N) is 3. The molecule has 0 bridgehead atoms. The van der Waals surface area contributed by atoms with Crippen LogP contribution >= 0.6 is 0 Å². The molecule has 1 unspecified atom stereocenters. The quantitative estimate of drug-likeness (QED) is 0.754. The molecule has 3 heterocycles. The number of carbonyl (C=O) groups is 2. The van der Waals surface area contributed by atoms with Crippen LogP contribution in [-0.4, -0.2) is 52.8 Å². The molecule has 2 saturated heterocycles. The molecule has 2 aromatic rings. The van der Waals surface area contributed by atoms with Gasteiger partial charge in [-0.1, -0.05) is 35.9 Å². The summed E-state index contributed by atoms with van der Waals surface area (Å²) in [7, 11) is 0. The van der Waals surface area contributed by atoms with Gasteiger partial charge in [-0.2, -0.15) is 0 Å². The Morgan fingerprint density at radius 3 is 2.52 bits per heavy atom. The van der Waals surface area contributed by atoms with Crippen LogP contribution in [0.4, 0.5) is 0 Å². The molecule has 4 rings (SSSR count). The first-order valence-electron chi connectivity index (χ1n) is 11.6. The third-order valence-electron chi connectivity index (χ3n) is 6.74. The van der Waals surface area contributed by atoms with Crippen molar-refractivity contribution in [2.45, 2.75) is 51.9 Å². The average Bonchev–Trinajstić information content (AvgIpc) is 2.79. The Morgan fingerprint density at radius 1 is 1.00 bits per heavy atom. The third kappa shape index (κ3) is 5.33. The molecule has 5 nitrogen and oxygen atoms in total. The fourth-order valence-corrected chi connectivity index (χ4v) is 4.97. The summed E-state index contributed by atoms with van der Waals surface area (Å²) >= 11 is 0. The maximum atomic E-state index is 13.1. The summed E-state index contributed by atoms with van der Waals surface area (Å²) in [6.45, 7) is 6.72. The number of amides is 2. The molecule has 1 aromatic heterocycles. The Labute approximate surface area is 185 Å². The predicted octanol–water partition coefficient (Wildman–Crippen LogP) is 3.95. The van der Waals surface area contributed by atoms with E-state index in [0.717, 1.165) is 56.6 Å². The van der Waals surface area contributed by atoms with Gasteiger partial charge in [-0.05, 0) is 50.3 Å². The molecular weight excluding hydrogens is 386 g/mol. The fourth-order valence-electron chi connectivity index (χ4n) is 4.97. The van der Waals surface area contributed by atoms with E-state index in [1.54, 1.807) is 6.92 Å². The minimum absolute atomic E-state index is 0.0509. The summed E-state index contributed by atoms with van der Waals surface area (Å²) in [5, 5.41) is 0. The topological polar surface area (TPSA) is 53.5 Å². The number of piperidine rings is 2. The second kappa shape index (κ2) is 9.63. The van der Waals surface area contributed by atoms with Crippen LogP contribution in [0, 0.1) is 12.8 Å². The summed E-state index contributed by atoms with van der Waals surface area (Å²) in [6, 6.07) is 14.9. The zero-order valence-electron chi connectivity index (χ0n) is 18.7. The first-order chi connectivity index (χ1) is 15.0. The molecule has 164 valence electrons. The Morgan fingerprint density at radius 2 is 1.77 bits per heavy atom. The molecule has 1 atom stereocenters. The summed E-state index contributed by atoms with van der Waals surface area (Å²) in [5.41, 5.74) is 4.74. The maximum absolute atomic E-state index is 13.1. The van der Waals surface area contributed by atoms with Crippen molar-refractivity contribution >= 4 is 11.8 Å². The number of rotatable bonds is 4. The third-order valence-corrected chi connectivity index (χ3v) is 6.74. The second-order valence-electron chi connectivity index (χ2n) is 9.12. The van der Waals surface area contributed by atoms with E-state index in [1.165, 1.54) is 11.1 Å². The maximum Gasteiger partial charge on any atom is 0.225 e. The minimum Gasteiger partial charge on any atom is -0.343 e. The Balaban J connectivity index is 1.39. The Bertz CT molecular complexity index is 934. The second-order valence-corrected chi connectivity index (χ2v) is 9.12. The van der Waals surface area contributed by atoms with Crippen molar-refractivity contribution in [1.82, 2.24) is 14.8 Å². The first kappa shape index (κ1) is 21.5. The fraction of sp³-hybridized carbons (Fsp3) is 0.500. The van der Waals surface area contributed by atoms with Crippen molar-refractivity contribution < 1.29 is 9.59 Å². The molecule has 2 amide bonds. The summed E-state index contributed by atoms with van der Waals surface area (Å²) in [5.74, 6) is 0.729. The van der Waals surface area contributed by atoms with Crippen LogP contribution < -0.4 is 0 Å². The zero-order chi connectivity index (χ0) is 21.8. The zero-order valence-corrected chi connectivity index (χ0v) is 18.7. The van der Waals surface area contributed by atoms with Gasteiger partial charge in [0.2, 0.25) is 11.8 Å². The standard InChI is InChI=1S/C26H33N3O2/c1-19-6-3-7-21(16-19)17-24-9-4-10-25(27-24)23-8-5-13-29(18-23)26(31)22-11-14-28(15-12-22)20(2)30/h3-4,6-7,9-10,16,22-23H,5,8,11-15,17-18H2,1-2H3. The molecule has 2 aliphatic rings. The lowest BCUT2D eigenvalue weighted by Crippen LogP contribution is -2.46. The smallest absolute Gasteiger partial charge is 0.225 e. The predicted molar refractivity (Wildman–Crippen MR) is 122 cm³/mol. The highest BCUT2D eigenvalue weighted by Crippen LogP contribution is 2.29. The van der Waals surface area contributed by atoms with Gasteiger partial charge in [-0.15, -0.1) is 0 Å². The van der Waals surface area contributed by atoms with Gasteiger partial charge in [0.15, 0.2) is 0 Å². The van der Waals surface area contributed by atoms with Crippen molar-refractivity contribution in [2.75, 3.05) is 26.2 Å². The molecule has 0 radical (unpaired) electrons. The number of carbonyl (C=O) groups excluding carboxylic acids is 2. The van der Waals surface area contributed by atoms with Gasteiger partial charge in [0.05, 0.1) is 0 Å². The largest absolute Gasteiger partial charge is 0.343 e. The number of hydrogen-bond donors (Lipinski definition) is 0. The van der Waals surface area contributed by atoms with Gasteiger partial charge in [0.25, 0.3) is 0 Å². The molecule has 0 spiro atoms. The lowest BCUT2D eigenvalue weighted by molar-refractivity contribution is -0.141. The number of pyridine rings is 1. The van der Waals surface area contributed by atoms with Gasteiger partial charge in [0, 0.05) is 62.7 Å². The van der Waals surface area contributed by atoms with E-state index < -0.39 is 0 Å². The molecule has 0 aliphatic carbocycles. The van der Waals surface area contributed by atoms with Crippen molar-refractivity contribution in [3.8, 4) is 0 Å². The lowest BCUT2D eigenvalue weighted by atomic mass is 9.90. The molecule has 31 heavy (non-hydrogen) atoms. The highest BCUT2D eigenvalue weighted by Gasteiger charge is 2.32. The first-order valence-corrected chi connectivity index (χ1v) is 11.6. The molecule has 2 aliphatic heterocycles. The molecule has 1 aromatic carbocycles. The number of aromatic nitrogens is 1. The Kier molecular flexibility index (Phi) is 6.69. The molecule has 0 N–H and O–H groups in total. The summed E-state index contributed by atoms with van der Waals surface area (Å²) in [6.07, 6.45) is 4.49. The van der Waals surface area contributed by atoms with Gasteiger partial charge in [-0.25, -0.2) is 0 Å². The van der Waals surface area contributed by atoms with Gasteiger partial charge < -0.3 is 9.80 Å². The molecule has 2 fully saturated rings. The van der Waals surface area contributed by atoms with E-state index in [1.807, 2.05) is 4.90 Å². The van der Waals surface area contributed by atoms with Gasteiger partial charge >= 0.3 is 0 Å². The van der Waals surface area contributed by atoms with Crippen LogP contribution in [-0.2, 0) is 16.0 Å². The van der Waals surface area contributed by atoms with E-state index in [4.69, 9.17) is 4.98 Å². The van der Waals surface area contributed by atoms with Crippen LogP contribution in [0.1, 0.15) is 61.0 Å². The van der Waals surface area contributed by atoms with Crippen molar-refractivity contribution in [1.29, 1.82) is 0 Å². The normalized spacial score (nSPS) is 20.0. The van der Waals surface area contributed by atoms with Crippen LogP contribution in [0.3, 0.4) is 0 Å². The van der Waals surface area contributed by atoms with Gasteiger partial charge in [0.1, 0.15) is 0 Å². The highest BCUT2D eigenvalue weighted by atomic mass is 16.2. The number of benzene rings is 1. The van der Waals surface area contributed by atoms with E-state index in [9.17, 15) is 9.59 Å². The van der Waals surface area contributed by atoms with Crippen LogP contribution in [0.5, 0.6) is 0 Å². The number of likely N-dealkylation sites (tertiary alicyclic amines) is 2. The lowest BCUT2D eigenvalue weighted by Gasteiger charge is -2.37. The monoisotopic (exact) mass is 419 g/mol. The number of hydrogen-bond acceptors (Lipinski definition) is 3. The summed E-state index contributed by atoms with van der Waals surface area (Å²) in [4.78, 5) is 33.6. The van der Waals surface area contributed by atoms with E-state index in [-0.39, 0.29) is 17.7 Å². The van der Waals surface area contributed by atoms with E-state index in [2.05, 4.69) is 54.3 Å². The Hall–Kier alpha value is -2.69. The molecular formula is C26H33N3O2.